The molecule has 0 spiro atoms. The van der Waals surface area contributed by atoms with Crippen LogP contribution >= 0.6 is 0 Å². The summed E-state index contributed by atoms with van der Waals surface area (Å²) < 4.78 is 0. The topological polar surface area (TPSA) is 69.6 Å². The summed E-state index contributed by atoms with van der Waals surface area (Å²) >= 11 is 0. The van der Waals surface area contributed by atoms with E-state index >= 15 is 0 Å². The van der Waals surface area contributed by atoms with E-state index in [2.05, 4.69) is 45.1 Å². The number of hydrogen-bond acceptors (Lipinski definition) is 2. The van der Waals surface area contributed by atoms with Gasteiger partial charge in [0.05, 0.1) is 5.92 Å². The van der Waals surface area contributed by atoms with Gasteiger partial charge in [0, 0.05) is 18.8 Å². The van der Waals surface area contributed by atoms with Crippen molar-refractivity contribution in [2.24, 2.45) is 5.92 Å². The highest BCUT2D eigenvalue weighted by Gasteiger charge is 2.27. The summed E-state index contributed by atoms with van der Waals surface area (Å²) in [6, 6.07) is 6.06. The number of urea groups is 1. The van der Waals surface area contributed by atoms with Crippen molar-refractivity contribution < 1.29 is 14.7 Å². The highest BCUT2D eigenvalue weighted by molar-refractivity contribution is 5.90. The summed E-state index contributed by atoms with van der Waals surface area (Å²) in [5, 5.41) is 12.1. The molecule has 1 aromatic rings. The molecular weight excluding hydrogens is 304 g/mol. The Bertz CT molecular complexity index is 603. The molecule has 0 atom stereocenters. The molecule has 1 fully saturated rings. The van der Waals surface area contributed by atoms with E-state index in [1.54, 1.807) is 4.90 Å². The third-order valence-electron chi connectivity index (χ3n) is 4.74. The zero-order valence-corrected chi connectivity index (χ0v) is 15.0. The van der Waals surface area contributed by atoms with E-state index in [-0.39, 0.29) is 11.9 Å². The number of rotatable bonds is 4. The molecule has 2 amide bonds. The van der Waals surface area contributed by atoms with E-state index in [0.29, 0.717) is 37.8 Å². The second kappa shape index (κ2) is 7.69. The molecule has 1 heterocycles. The van der Waals surface area contributed by atoms with Gasteiger partial charge in [0.2, 0.25) is 0 Å². The molecule has 0 unspecified atom stereocenters. The lowest BCUT2D eigenvalue weighted by Gasteiger charge is -2.30. The normalized spacial score (nSPS) is 15.8. The summed E-state index contributed by atoms with van der Waals surface area (Å²) in [5.41, 5.74) is 3.24. The Morgan fingerprint density at radius 2 is 1.75 bits per heavy atom. The second-order valence-electron chi connectivity index (χ2n) is 7.19. The number of nitrogens with zero attached hydrogens (tertiary/aromatic N) is 1. The molecule has 5 nitrogen and oxygen atoms in total. The standard InChI is InChI=1S/C19H28N2O3/c1-12(2)15-5-6-17(16(11-15)13(3)4)20-19(24)21-9-7-14(8-10-21)18(22)23/h5-6,11-14H,7-10H2,1-4H3,(H,20,24)(H,22,23). The van der Waals surface area contributed by atoms with Crippen LogP contribution in [0.15, 0.2) is 18.2 Å². The lowest BCUT2D eigenvalue weighted by molar-refractivity contribution is -0.143. The van der Waals surface area contributed by atoms with Crippen LogP contribution in [0, 0.1) is 5.92 Å². The second-order valence-corrected chi connectivity index (χ2v) is 7.19. The van der Waals surface area contributed by atoms with Gasteiger partial charge in [-0.2, -0.15) is 0 Å². The molecule has 24 heavy (non-hydrogen) atoms. The third kappa shape index (κ3) is 4.28. The van der Waals surface area contributed by atoms with E-state index < -0.39 is 5.97 Å². The molecular formula is C19H28N2O3. The van der Waals surface area contributed by atoms with Crippen LogP contribution in [0.25, 0.3) is 0 Å². The van der Waals surface area contributed by atoms with E-state index in [1.807, 2.05) is 6.07 Å². The summed E-state index contributed by atoms with van der Waals surface area (Å²) in [6.45, 7) is 9.53. The molecule has 0 bridgehead atoms. The lowest BCUT2D eigenvalue weighted by atomic mass is 9.94. The zero-order valence-electron chi connectivity index (χ0n) is 15.0. The maximum atomic E-state index is 12.5. The van der Waals surface area contributed by atoms with Crippen molar-refractivity contribution in [3.05, 3.63) is 29.3 Å². The molecule has 0 radical (unpaired) electrons. The zero-order chi connectivity index (χ0) is 17.9. The largest absolute Gasteiger partial charge is 0.481 e. The third-order valence-corrected chi connectivity index (χ3v) is 4.74. The summed E-state index contributed by atoms with van der Waals surface area (Å²) in [7, 11) is 0. The van der Waals surface area contributed by atoms with Gasteiger partial charge in [0.15, 0.2) is 0 Å². The first kappa shape index (κ1) is 18.3. The van der Waals surface area contributed by atoms with E-state index in [1.165, 1.54) is 5.56 Å². The van der Waals surface area contributed by atoms with Crippen LogP contribution in [-0.4, -0.2) is 35.1 Å². The molecule has 0 aliphatic carbocycles. The van der Waals surface area contributed by atoms with Gasteiger partial charge in [0.1, 0.15) is 0 Å². The number of carbonyl (C=O) groups is 2. The molecule has 0 saturated carbocycles. The number of aliphatic carboxylic acids is 1. The Morgan fingerprint density at radius 1 is 1.12 bits per heavy atom. The van der Waals surface area contributed by atoms with Crippen LogP contribution < -0.4 is 5.32 Å². The van der Waals surface area contributed by atoms with Crippen molar-refractivity contribution in [3.8, 4) is 0 Å². The minimum atomic E-state index is -0.763. The predicted molar refractivity (Wildman–Crippen MR) is 95.6 cm³/mol. The van der Waals surface area contributed by atoms with Crippen LogP contribution in [0.2, 0.25) is 0 Å². The van der Waals surface area contributed by atoms with E-state index in [4.69, 9.17) is 5.11 Å². The van der Waals surface area contributed by atoms with E-state index in [0.717, 1.165) is 11.3 Å². The summed E-state index contributed by atoms with van der Waals surface area (Å²) in [4.78, 5) is 25.2. The molecule has 2 N–H and O–H groups in total. The fourth-order valence-corrected chi connectivity index (χ4v) is 3.06. The van der Waals surface area contributed by atoms with Crippen LogP contribution in [0.4, 0.5) is 10.5 Å². The van der Waals surface area contributed by atoms with Crippen molar-refractivity contribution in [2.45, 2.75) is 52.4 Å². The van der Waals surface area contributed by atoms with Crippen molar-refractivity contribution >= 4 is 17.7 Å². The number of carboxylic acid groups (broad SMARTS) is 1. The highest BCUT2D eigenvalue weighted by Crippen LogP contribution is 2.29. The molecule has 1 saturated heterocycles. The molecule has 1 aliphatic rings. The first-order valence-electron chi connectivity index (χ1n) is 8.72. The number of likely N-dealkylation sites (tertiary alicyclic amines) is 1. The smallest absolute Gasteiger partial charge is 0.321 e. The summed E-state index contributed by atoms with van der Waals surface area (Å²) in [5.74, 6) is -0.328. The fraction of sp³-hybridized carbons (Fsp3) is 0.579. The predicted octanol–water partition coefficient (Wildman–Crippen LogP) is 4.26. The fourth-order valence-electron chi connectivity index (χ4n) is 3.06. The van der Waals surface area contributed by atoms with Gasteiger partial charge < -0.3 is 15.3 Å². The number of carboxylic acids is 1. The van der Waals surface area contributed by atoms with Gasteiger partial charge in [-0.15, -0.1) is 0 Å². The van der Waals surface area contributed by atoms with Crippen molar-refractivity contribution in [2.75, 3.05) is 18.4 Å². The Morgan fingerprint density at radius 3 is 2.25 bits per heavy atom. The van der Waals surface area contributed by atoms with Crippen LogP contribution in [-0.2, 0) is 4.79 Å². The number of benzene rings is 1. The molecule has 0 aromatic heterocycles. The monoisotopic (exact) mass is 332 g/mol. The first-order chi connectivity index (χ1) is 11.3. The van der Waals surface area contributed by atoms with Gasteiger partial charge >= 0.3 is 12.0 Å². The van der Waals surface area contributed by atoms with Gasteiger partial charge in [-0.25, -0.2) is 4.79 Å². The van der Waals surface area contributed by atoms with Crippen LogP contribution in [0.3, 0.4) is 0 Å². The van der Waals surface area contributed by atoms with Crippen LogP contribution in [0.5, 0.6) is 0 Å². The SMILES string of the molecule is CC(C)c1ccc(NC(=O)N2CCC(C(=O)O)CC2)c(C(C)C)c1. The van der Waals surface area contributed by atoms with Gasteiger partial charge in [-0.3, -0.25) is 4.79 Å². The Kier molecular flexibility index (Phi) is 5.86. The lowest BCUT2D eigenvalue weighted by Crippen LogP contribution is -2.42. The number of amides is 2. The van der Waals surface area contributed by atoms with Gasteiger partial charge in [0.25, 0.3) is 0 Å². The number of hydrogen-bond donors (Lipinski definition) is 2. The average Bonchev–Trinajstić information content (AvgIpc) is 2.54. The van der Waals surface area contributed by atoms with Crippen molar-refractivity contribution in [3.63, 3.8) is 0 Å². The van der Waals surface area contributed by atoms with Gasteiger partial charge in [-0.1, -0.05) is 39.8 Å². The minimum Gasteiger partial charge on any atom is -0.481 e. The molecule has 1 aromatic carbocycles. The first-order valence-corrected chi connectivity index (χ1v) is 8.72. The molecule has 5 heteroatoms. The number of carbonyl (C=O) groups excluding carboxylic acids is 1. The quantitative estimate of drug-likeness (QED) is 0.865. The molecule has 132 valence electrons. The van der Waals surface area contributed by atoms with E-state index in [9.17, 15) is 9.59 Å². The van der Waals surface area contributed by atoms with Gasteiger partial charge in [-0.05, 0) is 41.9 Å². The number of nitrogens with one attached hydrogen (secondary N) is 1. The average molecular weight is 332 g/mol. The molecule has 2 rings (SSSR count). The Balaban J connectivity index is 2.08. The van der Waals surface area contributed by atoms with Crippen molar-refractivity contribution in [1.29, 1.82) is 0 Å². The minimum absolute atomic E-state index is 0.141. The number of piperidine rings is 1. The highest BCUT2D eigenvalue weighted by atomic mass is 16.4. The maximum absolute atomic E-state index is 12.5. The maximum Gasteiger partial charge on any atom is 0.321 e. The molecule has 1 aliphatic heterocycles. The van der Waals surface area contributed by atoms with Crippen LogP contribution in [0.1, 0.15) is 63.5 Å². The number of anilines is 1. The van der Waals surface area contributed by atoms with Crippen molar-refractivity contribution in [1.82, 2.24) is 4.90 Å². The Hall–Kier alpha value is -2.04. The Labute approximate surface area is 144 Å². The summed E-state index contributed by atoms with van der Waals surface area (Å²) in [6.07, 6.45) is 1.04.